The Kier molecular flexibility index (Phi) is 12.6. The maximum absolute atomic E-state index is 11.9. The first-order valence-corrected chi connectivity index (χ1v) is 16.4. The number of phosphoric acid groups is 3. The van der Waals surface area contributed by atoms with Crippen molar-refractivity contribution in [3.05, 3.63) is 0 Å². The quantitative estimate of drug-likeness (QED) is 0.0609. The van der Waals surface area contributed by atoms with Gasteiger partial charge in [-0.15, -0.1) is 0 Å². The predicted molar refractivity (Wildman–Crippen MR) is 124 cm³/mol. The van der Waals surface area contributed by atoms with E-state index >= 15 is 0 Å². The summed E-state index contributed by atoms with van der Waals surface area (Å²) in [5.41, 5.74) is 0. The SMILES string of the molecule is B[C@H]1C[C@@H](OCSSC(C)(C)CNC(=O)CC)C(COP(=O)(O)OP(=O)(O)OP(=O)(O)O)O1. The number of carbonyl (C=O) groups is 1. The van der Waals surface area contributed by atoms with Crippen molar-refractivity contribution in [1.82, 2.24) is 5.32 Å². The van der Waals surface area contributed by atoms with E-state index in [-0.39, 0.29) is 22.6 Å². The van der Waals surface area contributed by atoms with Crippen molar-refractivity contribution in [1.29, 1.82) is 0 Å². The third kappa shape index (κ3) is 14.0. The number of hydrogen-bond donors (Lipinski definition) is 5. The van der Waals surface area contributed by atoms with Crippen LogP contribution < -0.4 is 5.32 Å². The Hall–Kier alpha value is 0.565. The molecule has 1 amide bonds. The van der Waals surface area contributed by atoms with Crippen molar-refractivity contribution >= 4 is 58.8 Å². The highest BCUT2D eigenvalue weighted by Crippen LogP contribution is 2.66. The van der Waals surface area contributed by atoms with E-state index in [4.69, 9.17) is 19.3 Å². The number of nitrogens with one attached hydrogen (secondary N) is 1. The zero-order chi connectivity index (χ0) is 25.5. The number of carbonyl (C=O) groups excluding carboxylic acids is 1. The highest BCUT2D eigenvalue weighted by molar-refractivity contribution is 8.77. The minimum Gasteiger partial charge on any atom is -0.379 e. The summed E-state index contributed by atoms with van der Waals surface area (Å²) in [6.07, 6.45) is -0.486. The number of ether oxygens (including phenoxy) is 2. The summed E-state index contributed by atoms with van der Waals surface area (Å²) in [6, 6.07) is -0.261. The van der Waals surface area contributed by atoms with Gasteiger partial charge in [0, 0.05) is 23.7 Å². The second kappa shape index (κ2) is 13.2. The molecule has 1 heterocycles. The standard InChI is InChI=1S/C13H29BNO13P3S2/c1-4-12(16)15-7-13(2,3)33-32-8-24-9-5-11(14)26-10(9)6-25-30(20,21)28-31(22,23)27-29(17,18)19/h9-11H,4-8,14H2,1-3H3,(H,15,16)(H,20,21)(H,22,23)(H2,17,18,19)/t9-,10?,11-/m1/s1. The van der Waals surface area contributed by atoms with Crippen LogP contribution in [0.5, 0.6) is 0 Å². The molecule has 194 valence electrons. The summed E-state index contributed by atoms with van der Waals surface area (Å²) < 4.78 is 57.0. The van der Waals surface area contributed by atoms with Gasteiger partial charge in [-0.25, -0.2) is 13.7 Å². The molecule has 14 nitrogen and oxygen atoms in total. The van der Waals surface area contributed by atoms with Crippen LogP contribution in [0, 0.1) is 0 Å². The molecule has 0 aromatic carbocycles. The van der Waals surface area contributed by atoms with E-state index in [2.05, 4.69) is 18.5 Å². The molecule has 5 N–H and O–H groups in total. The van der Waals surface area contributed by atoms with Crippen LogP contribution >= 0.6 is 45.1 Å². The third-order valence-corrected chi connectivity index (χ3v) is 10.6. The Morgan fingerprint density at radius 1 is 1.18 bits per heavy atom. The highest BCUT2D eigenvalue weighted by Gasteiger charge is 2.42. The number of hydrogen-bond acceptors (Lipinski definition) is 11. The fourth-order valence-corrected chi connectivity index (χ4v) is 7.68. The van der Waals surface area contributed by atoms with E-state index in [1.807, 2.05) is 13.8 Å². The van der Waals surface area contributed by atoms with Gasteiger partial charge in [-0.3, -0.25) is 9.32 Å². The molecule has 20 heteroatoms. The smallest absolute Gasteiger partial charge is 0.379 e. The molecule has 5 atom stereocenters. The molecule has 1 aliphatic heterocycles. The Bertz CT molecular complexity index is 799. The molecule has 0 aromatic heterocycles. The van der Waals surface area contributed by atoms with Crippen molar-refractivity contribution in [2.45, 2.75) is 56.6 Å². The lowest BCUT2D eigenvalue weighted by Crippen LogP contribution is -2.35. The molecule has 1 rings (SSSR count). The van der Waals surface area contributed by atoms with E-state index in [0.29, 0.717) is 19.4 Å². The zero-order valence-corrected chi connectivity index (χ0v) is 22.7. The average Bonchev–Trinajstić information content (AvgIpc) is 2.98. The molecule has 33 heavy (non-hydrogen) atoms. The molecule has 1 aliphatic rings. The van der Waals surface area contributed by atoms with Crippen LogP contribution in [0.1, 0.15) is 33.6 Å². The van der Waals surface area contributed by atoms with E-state index in [1.165, 1.54) is 21.6 Å². The number of rotatable bonds is 15. The van der Waals surface area contributed by atoms with Gasteiger partial charge in [-0.1, -0.05) is 28.5 Å². The Labute approximate surface area is 200 Å². The fourth-order valence-electron chi connectivity index (χ4n) is 2.48. The Balaban J connectivity index is 2.50. The molecular formula is C13H29BNO13P3S2. The van der Waals surface area contributed by atoms with Crippen molar-refractivity contribution in [2.75, 3.05) is 19.1 Å². The predicted octanol–water partition coefficient (Wildman–Crippen LogP) is 1.11. The van der Waals surface area contributed by atoms with Gasteiger partial charge in [0.1, 0.15) is 19.9 Å². The molecule has 0 aliphatic carbocycles. The first kappa shape index (κ1) is 31.6. The van der Waals surface area contributed by atoms with Crippen LogP contribution in [0.4, 0.5) is 0 Å². The van der Waals surface area contributed by atoms with E-state index < -0.39 is 42.3 Å². The number of amides is 1. The maximum atomic E-state index is 11.9. The first-order chi connectivity index (χ1) is 14.9. The Morgan fingerprint density at radius 3 is 2.39 bits per heavy atom. The van der Waals surface area contributed by atoms with Crippen LogP contribution in [0.25, 0.3) is 0 Å². The molecule has 0 radical (unpaired) electrons. The van der Waals surface area contributed by atoms with Crippen LogP contribution in [0.2, 0.25) is 0 Å². The molecular weight excluding hydrogens is 546 g/mol. The molecule has 0 spiro atoms. The van der Waals surface area contributed by atoms with Crippen molar-refractivity contribution in [3.63, 3.8) is 0 Å². The van der Waals surface area contributed by atoms with Gasteiger partial charge >= 0.3 is 23.5 Å². The van der Waals surface area contributed by atoms with E-state index in [9.17, 15) is 28.3 Å². The van der Waals surface area contributed by atoms with E-state index in [1.54, 1.807) is 14.8 Å². The van der Waals surface area contributed by atoms with Crippen LogP contribution in [-0.2, 0) is 41.1 Å². The molecule has 0 saturated carbocycles. The summed E-state index contributed by atoms with van der Waals surface area (Å²) in [7, 11) is -11.6. The molecule has 1 saturated heterocycles. The third-order valence-electron chi connectivity index (χ3n) is 3.85. The van der Waals surface area contributed by atoms with E-state index in [0.717, 1.165) is 0 Å². The lowest BCUT2D eigenvalue weighted by molar-refractivity contribution is -0.120. The minimum absolute atomic E-state index is 0.0409. The lowest BCUT2D eigenvalue weighted by Gasteiger charge is -2.24. The van der Waals surface area contributed by atoms with Crippen molar-refractivity contribution < 1.29 is 60.7 Å². The summed E-state index contributed by atoms with van der Waals surface area (Å²) in [5.74, 6) is 0.198. The van der Waals surface area contributed by atoms with Crippen LogP contribution in [0.15, 0.2) is 0 Å². The monoisotopic (exact) mass is 575 g/mol. The molecule has 0 aromatic rings. The maximum Gasteiger partial charge on any atom is 0.490 e. The van der Waals surface area contributed by atoms with Gasteiger partial charge in [-0.05, 0) is 20.3 Å². The normalized spacial score (nSPS) is 25.4. The van der Waals surface area contributed by atoms with Gasteiger partial charge in [-0.2, -0.15) is 8.62 Å². The summed E-state index contributed by atoms with van der Waals surface area (Å²) >= 11 is 0. The zero-order valence-electron chi connectivity index (χ0n) is 18.4. The fraction of sp³-hybridized carbons (Fsp3) is 0.923. The van der Waals surface area contributed by atoms with Gasteiger partial charge < -0.3 is 34.4 Å². The van der Waals surface area contributed by atoms with Crippen molar-refractivity contribution in [2.24, 2.45) is 0 Å². The molecule has 1 fully saturated rings. The second-order valence-electron chi connectivity index (χ2n) is 7.52. The Morgan fingerprint density at radius 2 is 1.82 bits per heavy atom. The topological polar surface area (TPSA) is 207 Å². The first-order valence-electron chi connectivity index (χ1n) is 9.56. The van der Waals surface area contributed by atoms with Gasteiger partial charge in [0.2, 0.25) is 5.91 Å². The summed E-state index contributed by atoms with van der Waals surface area (Å²) in [5, 5.41) is 2.82. The van der Waals surface area contributed by atoms with Gasteiger partial charge in [0.05, 0.1) is 12.7 Å². The highest BCUT2D eigenvalue weighted by atomic mass is 33.1. The molecule has 0 bridgehead atoms. The summed E-state index contributed by atoms with van der Waals surface area (Å²) in [4.78, 5) is 47.3. The lowest BCUT2D eigenvalue weighted by atomic mass is 9.96. The van der Waals surface area contributed by atoms with Crippen molar-refractivity contribution in [3.8, 4) is 0 Å². The second-order valence-corrected chi connectivity index (χ2v) is 14.9. The summed E-state index contributed by atoms with van der Waals surface area (Å²) in [6.45, 7) is 5.61. The van der Waals surface area contributed by atoms with Gasteiger partial charge in [0.25, 0.3) is 0 Å². The van der Waals surface area contributed by atoms with Crippen LogP contribution in [0.3, 0.4) is 0 Å². The van der Waals surface area contributed by atoms with Gasteiger partial charge in [0.15, 0.2) is 0 Å². The largest absolute Gasteiger partial charge is 0.490 e. The minimum atomic E-state index is -5.58. The molecule has 3 unspecified atom stereocenters. The average molecular weight is 575 g/mol. The number of phosphoric ester groups is 1. The van der Waals surface area contributed by atoms with Crippen LogP contribution in [-0.4, -0.2) is 75.4 Å².